The van der Waals surface area contributed by atoms with Crippen LogP contribution in [-0.4, -0.2) is 48.9 Å². The van der Waals surface area contributed by atoms with Crippen molar-refractivity contribution in [3.8, 4) is 0 Å². The van der Waals surface area contributed by atoms with Gasteiger partial charge in [0, 0.05) is 31.7 Å². The topological polar surface area (TPSA) is 66.9 Å². The van der Waals surface area contributed by atoms with E-state index < -0.39 is 17.7 Å². The molecule has 0 spiro atoms. The van der Waals surface area contributed by atoms with Crippen LogP contribution in [0.2, 0.25) is 0 Å². The number of nitrogens with zero attached hydrogens (tertiary/aromatic N) is 2. The van der Waals surface area contributed by atoms with E-state index >= 15 is 0 Å². The quantitative estimate of drug-likeness (QED) is 0.757. The van der Waals surface area contributed by atoms with Gasteiger partial charge in [0.05, 0.1) is 5.92 Å². The lowest BCUT2D eigenvalue weighted by molar-refractivity contribution is -0.155. The molecule has 6 nitrogen and oxygen atoms in total. The SMILES string of the molecule is Cc1ccc(N2C[C@H](C(=O)OCC(=O)N3CCCCCC3)CC2=O)cc1F. The number of anilines is 1. The summed E-state index contributed by atoms with van der Waals surface area (Å²) in [6, 6.07) is 4.56. The van der Waals surface area contributed by atoms with Crippen molar-refractivity contribution in [2.75, 3.05) is 31.1 Å². The normalized spacial score (nSPS) is 20.5. The molecule has 1 aromatic carbocycles. The first-order valence-electron chi connectivity index (χ1n) is 9.46. The van der Waals surface area contributed by atoms with Crippen LogP contribution >= 0.6 is 0 Å². The van der Waals surface area contributed by atoms with E-state index in [1.54, 1.807) is 24.0 Å². The number of likely N-dealkylation sites (tertiary alicyclic amines) is 1. The summed E-state index contributed by atoms with van der Waals surface area (Å²) < 4.78 is 18.9. The number of hydrogen-bond acceptors (Lipinski definition) is 4. The van der Waals surface area contributed by atoms with Crippen molar-refractivity contribution < 1.29 is 23.5 Å². The van der Waals surface area contributed by atoms with E-state index in [0.29, 0.717) is 24.3 Å². The van der Waals surface area contributed by atoms with E-state index in [1.807, 2.05) is 0 Å². The maximum atomic E-state index is 13.8. The number of hydrogen-bond donors (Lipinski definition) is 0. The van der Waals surface area contributed by atoms with Crippen LogP contribution in [0.1, 0.15) is 37.7 Å². The van der Waals surface area contributed by atoms with Crippen LogP contribution in [0.5, 0.6) is 0 Å². The number of benzene rings is 1. The van der Waals surface area contributed by atoms with E-state index in [9.17, 15) is 18.8 Å². The number of amides is 2. The van der Waals surface area contributed by atoms with Crippen molar-refractivity contribution in [1.29, 1.82) is 0 Å². The molecule has 1 aromatic rings. The third kappa shape index (κ3) is 4.64. The lowest BCUT2D eigenvalue weighted by Gasteiger charge is -2.20. The Hall–Kier alpha value is -2.44. The van der Waals surface area contributed by atoms with Crippen LogP contribution in [0, 0.1) is 18.7 Å². The van der Waals surface area contributed by atoms with E-state index in [0.717, 1.165) is 25.7 Å². The lowest BCUT2D eigenvalue weighted by Crippen LogP contribution is -2.36. The first-order valence-corrected chi connectivity index (χ1v) is 9.46. The van der Waals surface area contributed by atoms with Crippen LogP contribution in [-0.2, 0) is 19.1 Å². The molecule has 7 heteroatoms. The Balaban J connectivity index is 1.54. The minimum atomic E-state index is -0.640. The fraction of sp³-hybridized carbons (Fsp3) is 0.550. The highest BCUT2D eigenvalue weighted by molar-refractivity contribution is 5.99. The van der Waals surface area contributed by atoms with Gasteiger partial charge in [0.25, 0.3) is 5.91 Å². The molecule has 2 heterocycles. The van der Waals surface area contributed by atoms with Gasteiger partial charge in [-0.3, -0.25) is 14.4 Å². The second-order valence-corrected chi connectivity index (χ2v) is 7.24. The van der Waals surface area contributed by atoms with Crippen LogP contribution in [0.15, 0.2) is 18.2 Å². The van der Waals surface area contributed by atoms with Crippen molar-refractivity contribution in [3.63, 3.8) is 0 Å². The summed E-state index contributed by atoms with van der Waals surface area (Å²) in [4.78, 5) is 39.9. The molecule has 3 rings (SSSR count). The Bertz CT molecular complexity index is 729. The first-order chi connectivity index (χ1) is 13.0. The van der Waals surface area contributed by atoms with Crippen molar-refractivity contribution >= 4 is 23.5 Å². The molecule has 2 fully saturated rings. The van der Waals surface area contributed by atoms with Gasteiger partial charge in [-0.2, -0.15) is 0 Å². The molecule has 0 saturated carbocycles. The van der Waals surface area contributed by atoms with Gasteiger partial charge in [0.1, 0.15) is 5.82 Å². The monoisotopic (exact) mass is 376 g/mol. The second-order valence-electron chi connectivity index (χ2n) is 7.24. The van der Waals surface area contributed by atoms with Crippen LogP contribution in [0.25, 0.3) is 0 Å². The molecule has 2 amide bonds. The number of rotatable bonds is 4. The predicted molar refractivity (Wildman–Crippen MR) is 97.6 cm³/mol. The fourth-order valence-electron chi connectivity index (χ4n) is 3.53. The highest BCUT2D eigenvalue weighted by Crippen LogP contribution is 2.27. The molecule has 2 aliphatic rings. The Kier molecular flexibility index (Phi) is 6.08. The summed E-state index contributed by atoms with van der Waals surface area (Å²) in [5, 5.41) is 0. The van der Waals surface area contributed by atoms with Gasteiger partial charge in [-0.05, 0) is 37.5 Å². The third-order valence-corrected chi connectivity index (χ3v) is 5.22. The highest BCUT2D eigenvalue weighted by atomic mass is 19.1. The van der Waals surface area contributed by atoms with Crippen molar-refractivity contribution in [1.82, 2.24) is 4.90 Å². The molecule has 0 aromatic heterocycles. The lowest BCUT2D eigenvalue weighted by atomic mass is 10.1. The molecule has 27 heavy (non-hydrogen) atoms. The number of carbonyl (C=O) groups is 3. The Morgan fingerprint density at radius 3 is 2.56 bits per heavy atom. The molecule has 146 valence electrons. The molecular weight excluding hydrogens is 351 g/mol. The summed E-state index contributed by atoms with van der Waals surface area (Å²) in [5.41, 5.74) is 0.924. The number of carbonyl (C=O) groups excluding carboxylic acids is 3. The van der Waals surface area contributed by atoms with Gasteiger partial charge in [0.2, 0.25) is 5.91 Å². The zero-order valence-corrected chi connectivity index (χ0v) is 15.6. The summed E-state index contributed by atoms with van der Waals surface area (Å²) >= 11 is 0. The average Bonchev–Trinajstić information content (AvgIpc) is 2.86. The van der Waals surface area contributed by atoms with Crippen molar-refractivity contribution in [2.45, 2.75) is 39.0 Å². The molecule has 0 radical (unpaired) electrons. The third-order valence-electron chi connectivity index (χ3n) is 5.22. The van der Waals surface area contributed by atoms with Crippen LogP contribution in [0.4, 0.5) is 10.1 Å². The van der Waals surface area contributed by atoms with Gasteiger partial charge in [-0.15, -0.1) is 0 Å². The van der Waals surface area contributed by atoms with E-state index in [4.69, 9.17) is 4.74 Å². The minimum absolute atomic E-state index is 0.00618. The van der Waals surface area contributed by atoms with Crippen molar-refractivity contribution in [2.24, 2.45) is 5.92 Å². The summed E-state index contributed by atoms with van der Waals surface area (Å²) in [5.74, 6) is -2.03. The summed E-state index contributed by atoms with van der Waals surface area (Å²) in [7, 11) is 0. The summed E-state index contributed by atoms with van der Waals surface area (Å²) in [6.07, 6.45) is 4.18. The Labute approximate surface area is 158 Å². The molecule has 0 unspecified atom stereocenters. The molecule has 0 bridgehead atoms. The number of aryl methyl sites for hydroxylation is 1. The largest absolute Gasteiger partial charge is 0.455 e. The Morgan fingerprint density at radius 1 is 1.19 bits per heavy atom. The van der Waals surface area contributed by atoms with E-state index in [2.05, 4.69) is 0 Å². The number of ether oxygens (including phenoxy) is 1. The van der Waals surface area contributed by atoms with Gasteiger partial charge in [0.15, 0.2) is 6.61 Å². The van der Waals surface area contributed by atoms with Crippen molar-refractivity contribution in [3.05, 3.63) is 29.6 Å². The fourth-order valence-corrected chi connectivity index (χ4v) is 3.53. The van der Waals surface area contributed by atoms with Gasteiger partial charge < -0.3 is 14.5 Å². The highest BCUT2D eigenvalue weighted by Gasteiger charge is 2.36. The average molecular weight is 376 g/mol. The smallest absolute Gasteiger partial charge is 0.311 e. The standard InChI is InChI=1S/C20H25FN2O4/c1-14-6-7-16(11-17(14)21)23-12-15(10-18(23)24)20(26)27-13-19(25)22-8-4-2-3-5-9-22/h6-7,11,15H,2-5,8-10,12-13H2,1H3/t15-/m1/s1. The molecule has 0 N–H and O–H groups in total. The molecule has 2 saturated heterocycles. The zero-order valence-electron chi connectivity index (χ0n) is 15.6. The predicted octanol–water partition coefficient (Wildman–Crippen LogP) is 2.43. The van der Waals surface area contributed by atoms with E-state index in [-0.39, 0.29) is 31.4 Å². The van der Waals surface area contributed by atoms with Crippen LogP contribution < -0.4 is 4.90 Å². The molecule has 1 atom stereocenters. The first kappa shape index (κ1) is 19.3. The Morgan fingerprint density at radius 2 is 1.89 bits per heavy atom. The molecule has 0 aliphatic carbocycles. The zero-order chi connectivity index (χ0) is 19.4. The number of esters is 1. The second kappa shape index (κ2) is 8.50. The minimum Gasteiger partial charge on any atom is -0.455 e. The van der Waals surface area contributed by atoms with Crippen LogP contribution in [0.3, 0.4) is 0 Å². The van der Waals surface area contributed by atoms with Gasteiger partial charge in [-0.25, -0.2) is 4.39 Å². The summed E-state index contributed by atoms with van der Waals surface area (Å²) in [6.45, 7) is 2.89. The maximum Gasteiger partial charge on any atom is 0.311 e. The molecular formula is C20H25FN2O4. The van der Waals surface area contributed by atoms with Gasteiger partial charge >= 0.3 is 5.97 Å². The van der Waals surface area contributed by atoms with Gasteiger partial charge in [-0.1, -0.05) is 18.9 Å². The van der Waals surface area contributed by atoms with E-state index in [1.165, 1.54) is 11.0 Å². The molecule has 2 aliphatic heterocycles. The number of halogens is 1. The maximum absolute atomic E-state index is 13.8.